The summed E-state index contributed by atoms with van der Waals surface area (Å²) in [6, 6.07) is 25.0. The quantitative estimate of drug-likeness (QED) is 0.261. The minimum absolute atomic E-state index is 0.172. The summed E-state index contributed by atoms with van der Waals surface area (Å²) in [5, 5.41) is 2.39. The van der Waals surface area contributed by atoms with E-state index in [0.29, 0.717) is 17.8 Å². The summed E-state index contributed by atoms with van der Waals surface area (Å²) in [7, 11) is -0.172. The maximum absolute atomic E-state index is 6.10. The van der Waals surface area contributed by atoms with Crippen LogP contribution in [-0.4, -0.2) is 18.5 Å². The molecule has 0 N–H and O–H groups in total. The minimum Gasteiger partial charge on any atom is -0.105 e. The van der Waals surface area contributed by atoms with Crippen molar-refractivity contribution in [1.29, 1.82) is 0 Å². The first-order chi connectivity index (χ1) is 14.8. The molecule has 0 aliphatic carbocycles. The van der Waals surface area contributed by atoms with Gasteiger partial charge < -0.3 is 0 Å². The van der Waals surface area contributed by atoms with E-state index < -0.39 is 0 Å². The maximum Gasteiger partial charge on any atom is 0.0406 e. The molecule has 3 unspecified atom stereocenters. The van der Waals surface area contributed by atoms with Crippen molar-refractivity contribution < 1.29 is 0 Å². The molecule has 0 radical (unpaired) electrons. The molecule has 0 spiro atoms. The molecule has 0 aliphatic heterocycles. The fourth-order valence-corrected chi connectivity index (χ4v) is 7.86. The summed E-state index contributed by atoms with van der Waals surface area (Å²) < 4.78 is 0. The standard InChI is InChI=1S/C27H30Cl3P/c1-19(22-4-10-25(28)11-5-22)16-31(17-20(2)23-6-12-26(29)13-7-23)18-21(3)24-8-14-27(30)15-9-24/h4-15,19-21H,16-18H2,1-3H3. The summed E-state index contributed by atoms with van der Waals surface area (Å²) in [5.41, 5.74) is 4.11. The van der Waals surface area contributed by atoms with E-state index in [4.69, 9.17) is 34.8 Å². The lowest BCUT2D eigenvalue weighted by Crippen LogP contribution is -2.10. The molecule has 0 fully saturated rings. The Balaban J connectivity index is 1.75. The van der Waals surface area contributed by atoms with Crippen molar-refractivity contribution in [2.75, 3.05) is 18.5 Å². The Morgan fingerprint density at radius 1 is 0.484 bits per heavy atom. The van der Waals surface area contributed by atoms with Gasteiger partial charge in [0.15, 0.2) is 0 Å². The van der Waals surface area contributed by atoms with Gasteiger partial charge in [0.25, 0.3) is 0 Å². The van der Waals surface area contributed by atoms with E-state index in [2.05, 4.69) is 57.2 Å². The second kappa shape index (κ2) is 11.7. The average molecular weight is 492 g/mol. The predicted octanol–water partition coefficient (Wildman–Crippen LogP) is 9.84. The number of halogens is 3. The first-order valence-electron chi connectivity index (χ1n) is 10.8. The molecule has 3 aromatic rings. The van der Waals surface area contributed by atoms with Gasteiger partial charge in [-0.2, -0.15) is 0 Å². The molecule has 3 rings (SSSR count). The summed E-state index contributed by atoms with van der Waals surface area (Å²) in [5.74, 6) is 1.54. The Labute approximate surface area is 203 Å². The van der Waals surface area contributed by atoms with Crippen LogP contribution in [0.3, 0.4) is 0 Å². The highest BCUT2D eigenvalue weighted by atomic mass is 35.5. The number of rotatable bonds is 9. The SMILES string of the molecule is CC(CP(CC(C)c1ccc(Cl)cc1)CC(C)c1ccc(Cl)cc1)c1ccc(Cl)cc1. The van der Waals surface area contributed by atoms with Crippen LogP contribution in [0.1, 0.15) is 55.2 Å². The summed E-state index contributed by atoms with van der Waals surface area (Å²) in [6.45, 7) is 7.04. The summed E-state index contributed by atoms with van der Waals surface area (Å²) in [4.78, 5) is 0. The highest BCUT2D eigenvalue weighted by molar-refractivity contribution is 7.57. The number of hydrogen-bond donors (Lipinski definition) is 0. The van der Waals surface area contributed by atoms with Gasteiger partial charge in [0.05, 0.1) is 0 Å². The van der Waals surface area contributed by atoms with E-state index in [1.165, 1.54) is 35.2 Å². The van der Waals surface area contributed by atoms with Crippen LogP contribution in [0.25, 0.3) is 0 Å². The molecule has 3 aromatic carbocycles. The van der Waals surface area contributed by atoms with E-state index >= 15 is 0 Å². The third kappa shape index (κ3) is 7.50. The molecule has 164 valence electrons. The Morgan fingerprint density at radius 3 is 0.935 bits per heavy atom. The third-order valence-electron chi connectivity index (χ3n) is 5.91. The fourth-order valence-electron chi connectivity index (χ4n) is 4.08. The first kappa shape index (κ1) is 24.6. The summed E-state index contributed by atoms with van der Waals surface area (Å²) >= 11 is 18.3. The highest BCUT2D eigenvalue weighted by Gasteiger charge is 2.21. The van der Waals surface area contributed by atoms with Crippen molar-refractivity contribution in [3.05, 3.63) is 105 Å². The zero-order valence-corrected chi connectivity index (χ0v) is 21.5. The normalized spacial score (nSPS) is 15.3. The second-order valence-corrected chi connectivity index (χ2v) is 12.3. The van der Waals surface area contributed by atoms with Crippen LogP contribution in [0.5, 0.6) is 0 Å². The van der Waals surface area contributed by atoms with Gasteiger partial charge in [0.2, 0.25) is 0 Å². The Morgan fingerprint density at radius 2 is 0.710 bits per heavy atom. The van der Waals surface area contributed by atoms with Gasteiger partial charge in [-0.05, 0) is 89.3 Å². The lowest BCUT2D eigenvalue weighted by Gasteiger charge is -2.28. The molecule has 0 amide bonds. The molecule has 31 heavy (non-hydrogen) atoms. The number of hydrogen-bond acceptors (Lipinski definition) is 0. The fraction of sp³-hybridized carbons (Fsp3) is 0.333. The molecular weight excluding hydrogens is 462 g/mol. The van der Waals surface area contributed by atoms with Crippen molar-refractivity contribution in [3.8, 4) is 0 Å². The maximum atomic E-state index is 6.10. The molecule has 0 nitrogen and oxygen atoms in total. The molecule has 3 atom stereocenters. The average Bonchev–Trinajstić information content (AvgIpc) is 2.75. The monoisotopic (exact) mass is 490 g/mol. The van der Waals surface area contributed by atoms with E-state index in [0.717, 1.165) is 15.1 Å². The van der Waals surface area contributed by atoms with Crippen molar-refractivity contribution in [2.24, 2.45) is 0 Å². The lowest BCUT2D eigenvalue weighted by atomic mass is 10.0. The van der Waals surface area contributed by atoms with Gasteiger partial charge in [0.1, 0.15) is 0 Å². The molecular formula is C27H30Cl3P. The number of benzene rings is 3. The van der Waals surface area contributed by atoms with Crippen molar-refractivity contribution in [1.82, 2.24) is 0 Å². The van der Waals surface area contributed by atoms with E-state index in [-0.39, 0.29) is 7.92 Å². The van der Waals surface area contributed by atoms with Gasteiger partial charge >= 0.3 is 0 Å². The largest absolute Gasteiger partial charge is 0.105 e. The van der Waals surface area contributed by atoms with Crippen LogP contribution >= 0.6 is 42.7 Å². The third-order valence-corrected chi connectivity index (χ3v) is 9.86. The first-order valence-corrected chi connectivity index (χ1v) is 13.8. The van der Waals surface area contributed by atoms with Gasteiger partial charge in [-0.25, -0.2) is 0 Å². The molecule has 0 bridgehead atoms. The summed E-state index contributed by atoms with van der Waals surface area (Å²) in [6.07, 6.45) is 3.65. The van der Waals surface area contributed by atoms with E-state index in [9.17, 15) is 0 Å². The van der Waals surface area contributed by atoms with Crippen LogP contribution in [0.15, 0.2) is 72.8 Å². The van der Waals surface area contributed by atoms with Gasteiger partial charge in [-0.3, -0.25) is 0 Å². The van der Waals surface area contributed by atoms with Crippen LogP contribution in [0, 0.1) is 0 Å². The lowest BCUT2D eigenvalue weighted by molar-refractivity contribution is 0.818. The van der Waals surface area contributed by atoms with Crippen LogP contribution < -0.4 is 0 Å². The Kier molecular flexibility index (Phi) is 9.30. The molecule has 0 heterocycles. The zero-order valence-electron chi connectivity index (χ0n) is 18.4. The van der Waals surface area contributed by atoms with Crippen molar-refractivity contribution in [2.45, 2.75) is 38.5 Å². The molecule has 0 aromatic heterocycles. The molecule has 4 heteroatoms. The van der Waals surface area contributed by atoms with Gasteiger partial charge in [-0.1, -0.05) is 92.0 Å². The van der Waals surface area contributed by atoms with Gasteiger partial charge in [-0.15, -0.1) is 7.92 Å². The zero-order chi connectivity index (χ0) is 22.4. The molecule has 0 saturated carbocycles. The van der Waals surface area contributed by atoms with Crippen LogP contribution in [0.2, 0.25) is 15.1 Å². The van der Waals surface area contributed by atoms with E-state index in [1.54, 1.807) is 0 Å². The predicted molar refractivity (Wildman–Crippen MR) is 141 cm³/mol. The van der Waals surface area contributed by atoms with E-state index in [1.807, 2.05) is 36.4 Å². The van der Waals surface area contributed by atoms with Gasteiger partial charge in [0, 0.05) is 15.1 Å². The molecule has 0 aliphatic rings. The minimum atomic E-state index is -0.172. The topological polar surface area (TPSA) is 0 Å². The highest BCUT2D eigenvalue weighted by Crippen LogP contribution is 2.47. The van der Waals surface area contributed by atoms with Crippen LogP contribution in [0.4, 0.5) is 0 Å². The Hall–Kier alpha value is -1.04. The Bertz CT molecular complexity index is 809. The second-order valence-electron chi connectivity index (χ2n) is 8.58. The van der Waals surface area contributed by atoms with Crippen molar-refractivity contribution in [3.63, 3.8) is 0 Å². The smallest absolute Gasteiger partial charge is 0.0406 e. The molecule has 0 saturated heterocycles. The van der Waals surface area contributed by atoms with Crippen molar-refractivity contribution >= 4 is 42.7 Å². The van der Waals surface area contributed by atoms with Crippen LogP contribution in [-0.2, 0) is 0 Å².